The van der Waals surface area contributed by atoms with Gasteiger partial charge in [-0.15, -0.1) is 0 Å². The summed E-state index contributed by atoms with van der Waals surface area (Å²) in [5, 5.41) is 10.4. The van der Waals surface area contributed by atoms with Crippen molar-refractivity contribution in [3.8, 4) is 0 Å². The monoisotopic (exact) mass is 369 g/mol. The SMILES string of the molecule is Cc1ccc(CSCC(O)CN2CCC(Cc3ccccc3)CC2)cc1. The molecular weight excluding hydrogens is 338 g/mol. The average molecular weight is 370 g/mol. The van der Waals surface area contributed by atoms with Crippen molar-refractivity contribution in [3.05, 3.63) is 71.3 Å². The van der Waals surface area contributed by atoms with E-state index in [0.29, 0.717) is 0 Å². The summed E-state index contributed by atoms with van der Waals surface area (Å²) in [7, 11) is 0. The van der Waals surface area contributed by atoms with Crippen molar-refractivity contribution in [3.63, 3.8) is 0 Å². The number of hydrogen-bond acceptors (Lipinski definition) is 3. The molecule has 1 atom stereocenters. The maximum Gasteiger partial charge on any atom is 0.0757 e. The van der Waals surface area contributed by atoms with Crippen LogP contribution >= 0.6 is 11.8 Å². The molecule has 0 radical (unpaired) electrons. The number of thioether (sulfide) groups is 1. The Balaban J connectivity index is 1.31. The minimum atomic E-state index is -0.226. The average Bonchev–Trinajstić information content (AvgIpc) is 2.66. The molecule has 0 bridgehead atoms. The molecule has 3 heteroatoms. The van der Waals surface area contributed by atoms with Crippen molar-refractivity contribution in [2.45, 2.75) is 38.0 Å². The largest absolute Gasteiger partial charge is 0.391 e. The quantitative estimate of drug-likeness (QED) is 0.739. The lowest BCUT2D eigenvalue weighted by atomic mass is 9.90. The van der Waals surface area contributed by atoms with Gasteiger partial charge in [0.1, 0.15) is 0 Å². The highest BCUT2D eigenvalue weighted by Crippen LogP contribution is 2.22. The van der Waals surface area contributed by atoms with E-state index in [2.05, 4.69) is 66.4 Å². The van der Waals surface area contributed by atoms with E-state index >= 15 is 0 Å². The number of β-amino-alcohol motifs (C(OH)–C–C–N with tert-alkyl or cyclic N) is 1. The normalized spacial score (nSPS) is 17.3. The molecule has 1 heterocycles. The third-order valence-corrected chi connectivity index (χ3v) is 6.40. The highest BCUT2D eigenvalue weighted by molar-refractivity contribution is 7.98. The molecule has 2 aromatic carbocycles. The Kier molecular flexibility index (Phi) is 7.60. The van der Waals surface area contributed by atoms with E-state index in [1.54, 1.807) is 0 Å². The fraction of sp³-hybridized carbons (Fsp3) is 0.478. The van der Waals surface area contributed by atoms with Crippen LogP contribution in [0.25, 0.3) is 0 Å². The van der Waals surface area contributed by atoms with E-state index in [9.17, 15) is 5.11 Å². The lowest BCUT2D eigenvalue weighted by Crippen LogP contribution is -2.40. The fourth-order valence-electron chi connectivity index (χ4n) is 3.67. The molecule has 0 spiro atoms. The minimum absolute atomic E-state index is 0.226. The van der Waals surface area contributed by atoms with Gasteiger partial charge in [0.05, 0.1) is 6.10 Å². The number of hydrogen-bond donors (Lipinski definition) is 1. The van der Waals surface area contributed by atoms with E-state index in [1.807, 2.05) is 11.8 Å². The first-order valence-electron chi connectivity index (χ1n) is 9.76. The van der Waals surface area contributed by atoms with Gasteiger partial charge in [-0.25, -0.2) is 0 Å². The first-order valence-corrected chi connectivity index (χ1v) is 10.9. The molecular formula is C23H31NOS. The number of piperidine rings is 1. The van der Waals surface area contributed by atoms with Crippen molar-refractivity contribution < 1.29 is 5.11 Å². The predicted molar refractivity (Wildman–Crippen MR) is 113 cm³/mol. The van der Waals surface area contributed by atoms with Gasteiger partial charge in [0, 0.05) is 18.1 Å². The van der Waals surface area contributed by atoms with Crippen LogP contribution in [-0.4, -0.2) is 41.5 Å². The molecule has 0 amide bonds. The summed E-state index contributed by atoms with van der Waals surface area (Å²) in [6.45, 7) is 5.18. The van der Waals surface area contributed by atoms with Gasteiger partial charge in [-0.1, -0.05) is 60.2 Å². The van der Waals surface area contributed by atoms with Gasteiger partial charge in [-0.2, -0.15) is 11.8 Å². The molecule has 1 aliphatic rings. The molecule has 26 heavy (non-hydrogen) atoms. The zero-order valence-electron chi connectivity index (χ0n) is 15.8. The summed E-state index contributed by atoms with van der Waals surface area (Å²) in [6, 6.07) is 19.5. The van der Waals surface area contributed by atoms with Gasteiger partial charge in [-0.05, 0) is 56.3 Å². The second kappa shape index (κ2) is 10.1. The highest BCUT2D eigenvalue weighted by Gasteiger charge is 2.21. The molecule has 1 fully saturated rings. The number of likely N-dealkylation sites (tertiary alicyclic amines) is 1. The number of benzene rings is 2. The smallest absolute Gasteiger partial charge is 0.0757 e. The molecule has 1 unspecified atom stereocenters. The van der Waals surface area contributed by atoms with Crippen molar-refractivity contribution in [1.82, 2.24) is 4.90 Å². The molecule has 2 nitrogen and oxygen atoms in total. The molecule has 140 valence electrons. The molecule has 0 aromatic heterocycles. The third-order valence-electron chi connectivity index (χ3n) is 5.24. The van der Waals surface area contributed by atoms with E-state index < -0.39 is 0 Å². The Hall–Kier alpha value is -1.29. The Labute approximate surface area is 162 Å². The zero-order chi connectivity index (χ0) is 18.2. The maximum atomic E-state index is 10.4. The van der Waals surface area contributed by atoms with Crippen LogP contribution in [0.5, 0.6) is 0 Å². The number of aliphatic hydroxyl groups is 1. The van der Waals surface area contributed by atoms with Gasteiger partial charge in [0.2, 0.25) is 0 Å². The third kappa shape index (κ3) is 6.46. The Bertz CT molecular complexity index is 635. The summed E-state index contributed by atoms with van der Waals surface area (Å²) >= 11 is 1.83. The van der Waals surface area contributed by atoms with Crippen molar-refractivity contribution >= 4 is 11.8 Å². The van der Waals surface area contributed by atoms with Gasteiger partial charge in [-0.3, -0.25) is 0 Å². The zero-order valence-corrected chi connectivity index (χ0v) is 16.6. The summed E-state index contributed by atoms with van der Waals surface area (Å²) in [5.74, 6) is 2.59. The van der Waals surface area contributed by atoms with Crippen LogP contribution in [0.1, 0.15) is 29.5 Å². The second-order valence-electron chi connectivity index (χ2n) is 7.59. The van der Waals surface area contributed by atoms with Gasteiger partial charge >= 0.3 is 0 Å². The minimum Gasteiger partial charge on any atom is -0.391 e. The fourth-order valence-corrected chi connectivity index (χ4v) is 4.59. The lowest BCUT2D eigenvalue weighted by molar-refractivity contribution is 0.103. The van der Waals surface area contributed by atoms with Gasteiger partial charge in [0.15, 0.2) is 0 Å². The maximum absolute atomic E-state index is 10.4. The molecule has 0 aliphatic carbocycles. The van der Waals surface area contributed by atoms with Crippen LogP contribution in [0.2, 0.25) is 0 Å². The van der Waals surface area contributed by atoms with E-state index in [-0.39, 0.29) is 6.10 Å². The first kappa shape index (κ1) is 19.5. The molecule has 0 saturated carbocycles. The Morgan fingerprint density at radius 1 is 1.00 bits per heavy atom. The van der Waals surface area contributed by atoms with Crippen molar-refractivity contribution in [2.75, 3.05) is 25.4 Å². The molecule has 3 rings (SSSR count). The molecule has 1 aliphatic heterocycles. The van der Waals surface area contributed by atoms with Crippen molar-refractivity contribution in [1.29, 1.82) is 0 Å². The summed E-state index contributed by atoms with van der Waals surface area (Å²) in [5.41, 5.74) is 4.10. The summed E-state index contributed by atoms with van der Waals surface area (Å²) in [6.07, 6.45) is 3.47. The van der Waals surface area contributed by atoms with Crippen LogP contribution in [-0.2, 0) is 12.2 Å². The Morgan fingerprint density at radius 2 is 1.69 bits per heavy atom. The second-order valence-corrected chi connectivity index (χ2v) is 8.62. The standard InChI is InChI=1S/C23H31NOS/c1-19-7-9-22(10-8-19)17-26-18-23(25)16-24-13-11-21(12-14-24)15-20-5-3-2-4-6-20/h2-10,21,23,25H,11-18H2,1H3. The number of rotatable bonds is 8. The molecule has 1 N–H and O–H groups in total. The van der Waals surface area contributed by atoms with Crippen LogP contribution in [0.4, 0.5) is 0 Å². The van der Waals surface area contributed by atoms with Crippen LogP contribution in [0, 0.1) is 12.8 Å². The summed E-state index contributed by atoms with van der Waals surface area (Å²) in [4.78, 5) is 2.44. The lowest BCUT2D eigenvalue weighted by Gasteiger charge is -2.33. The molecule has 2 aromatic rings. The van der Waals surface area contributed by atoms with E-state index in [4.69, 9.17) is 0 Å². The van der Waals surface area contributed by atoms with Crippen LogP contribution in [0.15, 0.2) is 54.6 Å². The summed E-state index contributed by atoms with van der Waals surface area (Å²) < 4.78 is 0. The number of aryl methyl sites for hydroxylation is 1. The van der Waals surface area contributed by atoms with E-state index in [0.717, 1.165) is 37.1 Å². The van der Waals surface area contributed by atoms with E-state index in [1.165, 1.54) is 36.0 Å². The number of aliphatic hydroxyl groups excluding tert-OH is 1. The van der Waals surface area contributed by atoms with Gasteiger partial charge in [0.25, 0.3) is 0 Å². The van der Waals surface area contributed by atoms with Gasteiger partial charge < -0.3 is 10.0 Å². The molecule has 1 saturated heterocycles. The van der Waals surface area contributed by atoms with Crippen molar-refractivity contribution in [2.24, 2.45) is 5.92 Å². The topological polar surface area (TPSA) is 23.5 Å². The van der Waals surface area contributed by atoms with Crippen LogP contribution in [0.3, 0.4) is 0 Å². The first-order chi connectivity index (χ1) is 12.7. The number of nitrogens with zero attached hydrogens (tertiary/aromatic N) is 1. The predicted octanol–water partition coefficient (Wildman–Crippen LogP) is 4.54. The Morgan fingerprint density at radius 3 is 2.38 bits per heavy atom. The highest BCUT2D eigenvalue weighted by atomic mass is 32.2. The van der Waals surface area contributed by atoms with Crippen LogP contribution < -0.4 is 0 Å².